The Kier molecular flexibility index (Phi) is 25.8. The van der Waals surface area contributed by atoms with Crippen LogP contribution in [-0.4, -0.2) is 6.53 Å². The summed E-state index contributed by atoms with van der Waals surface area (Å²) in [6, 6.07) is 0. The van der Waals surface area contributed by atoms with Crippen LogP contribution in [0.15, 0.2) is 0 Å². The summed E-state index contributed by atoms with van der Waals surface area (Å²) in [6.45, 7) is -2.19. The third-order valence-corrected chi connectivity index (χ3v) is 0. The Bertz CT molecular complexity index is 16.3. The van der Waals surface area contributed by atoms with Gasteiger partial charge in [0.05, 0.1) is 0 Å². The molecule has 0 unspecified atom stereocenters. The average molecular weight is 294 g/mol. The SMILES string of the molecule is [Ag+].[Ag+].[O-]B([O-])Cl. The van der Waals surface area contributed by atoms with E-state index < -0.39 is 6.53 Å². The molecule has 6 heavy (non-hydrogen) atoms. The van der Waals surface area contributed by atoms with Crippen molar-refractivity contribution in [2.75, 3.05) is 0 Å². The van der Waals surface area contributed by atoms with Crippen LogP contribution in [-0.2, 0) is 44.8 Å². The summed E-state index contributed by atoms with van der Waals surface area (Å²) in [5.74, 6) is 0. The molecule has 0 saturated heterocycles. The first kappa shape index (κ1) is 15.7. The van der Waals surface area contributed by atoms with Gasteiger partial charge in [0.25, 0.3) is 0 Å². The van der Waals surface area contributed by atoms with Gasteiger partial charge in [-0.1, -0.05) is 0 Å². The minimum atomic E-state index is -2.19. The molecule has 0 spiro atoms. The third kappa shape index (κ3) is 42.2. The quantitative estimate of drug-likeness (QED) is 0.482. The van der Waals surface area contributed by atoms with E-state index in [2.05, 4.69) is 11.5 Å². The molecule has 0 radical (unpaired) electrons. The Labute approximate surface area is 72.3 Å². The summed E-state index contributed by atoms with van der Waals surface area (Å²) in [5, 5.41) is 17.5. The van der Waals surface area contributed by atoms with Gasteiger partial charge < -0.3 is 10.0 Å². The van der Waals surface area contributed by atoms with Gasteiger partial charge in [0, 0.05) is 6.53 Å². The van der Waals surface area contributed by atoms with Crippen LogP contribution in [0.2, 0.25) is 0 Å². The zero-order valence-corrected chi connectivity index (χ0v) is 6.10. The smallest absolute Gasteiger partial charge is 0.881 e. The van der Waals surface area contributed by atoms with Crippen molar-refractivity contribution in [1.29, 1.82) is 0 Å². The molecular formula is Ag2BClO2. The third-order valence-electron chi connectivity index (χ3n) is 0. The van der Waals surface area contributed by atoms with Crippen molar-refractivity contribution in [3.8, 4) is 0 Å². The zero-order chi connectivity index (χ0) is 3.58. The average Bonchev–Trinajstić information content (AvgIpc) is 0.811. The second-order valence-electron chi connectivity index (χ2n) is 0.274. The van der Waals surface area contributed by atoms with Gasteiger partial charge in [-0.05, 0) is 0 Å². The molecule has 0 heterocycles. The van der Waals surface area contributed by atoms with E-state index in [1.807, 2.05) is 0 Å². The maximum absolute atomic E-state index is 8.74. The van der Waals surface area contributed by atoms with E-state index in [1.165, 1.54) is 0 Å². The van der Waals surface area contributed by atoms with Crippen LogP contribution >= 0.6 is 11.5 Å². The molecule has 0 aliphatic rings. The van der Waals surface area contributed by atoms with Gasteiger partial charge in [-0.25, -0.2) is 11.5 Å². The van der Waals surface area contributed by atoms with Crippen LogP contribution in [0.4, 0.5) is 0 Å². The molecule has 0 fully saturated rings. The van der Waals surface area contributed by atoms with Crippen molar-refractivity contribution in [2.24, 2.45) is 0 Å². The Morgan fingerprint density at radius 1 is 1.17 bits per heavy atom. The van der Waals surface area contributed by atoms with E-state index >= 15 is 0 Å². The van der Waals surface area contributed by atoms with Crippen LogP contribution in [0.25, 0.3) is 0 Å². The molecule has 0 aromatic rings. The molecule has 44 valence electrons. The number of halogens is 1. The molecule has 0 atom stereocenters. The Balaban J connectivity index is -0.0000000450. The second-order valence-corrected chi connectivity index (χ2v) is 0.631. The van der Waals surface area contributed by atoms with Gasteiger partial charge >= 0.3 is 44.8 Å². The summed E-state index contributed by atoms with van der Waals surface area (Å²) in [5.41, 5.74) is 0. The molecule has 0 saturated carbocycles. The van der Waals surface area contributed by atoms with Crippen LogP contribution in [0.1, 0.15) is 0 Å². The molecule has 0 bridgehead atoms. The van der Waals surface area contributed by atoms with Gasteiger partial charge in [-0.2, -0.15) is 0 Å². The first-order valence-electron chi connectivity index (χ1n) is 0.690. The summed E-state index contributed by atoms with van der Waals surface area (Å²) >= 11 is 4.16. The van der Waals surface area contributed by atoms with E-state index in [4.69, 9.17) is 10.0 Å². The topological polar surface area (TPSA) is 46.1 Å². The van der Waals surface area contributed by atoms with E-state index in [1.54, 1.807) is 0 Å². The van der Waals surface area contributed by atoms with Gasteiger partial charge in [0.1, 0.15) is 0 Å². The summed E-state index contributed by atoms with van der Waals surface area (Å²) < 4.78 is 0. The van der Waals surface area contributed by atoms with Crippen molar-refractivity contribution >= 4 is 18.0 Å². The molecule has 0 aliphatic heterocycles. The normalized spacial score (nSPS) is 4.50. The molecule has 0 aromatic carbocycles. The first-order chi connectivity index (χ1) is 1.73. The minimum Gasteiger partial charge on any atom is -0.881 e. The summed E-state index contributed by atoms with van der Waals surface area (Å²) in [7, 11) is 0. The molecule has 0 amide bonds. The van der Waals surface area contributed by atoms with Gasteiger partial charge in [0.2, 0.25) is 0 Å². The van der Waals surface area contributed by atoms with E-state index in [-0.39, 0.29) is 44.8 Å². The standard InChI is InChI=1S/2Ag.BClO2/c;;2-1(3)4/q2*+1;-2. The van der Waals surface area contributed by atoms with Crippen molar-refractivity contribution in [3.05, 3.63) is 0 Å². The van der Waals surface area contributed by atoms with Crippen LogP contribution < -0.4 is 10.0 Å². The minimum absolute atomic E-state index is 0. The molecule has 6 heteroatoms. The Morgan fingerprint density at radius 3 is 1.17 bits per heavy atom. The predicted molar refractivity (Wildman–Crippen MR) is 11.6 cm³/mol. The maximum Gasteiger partial charge on any atom is 1.00 e. The van der Waals surface area contributed by atoms with Crippen molar-refractivity contribution < 1.29 is 54.8 Å². The summed E-state index contributed by atoms with van der Waals surface area (Å²) in [4.78, 5) is 0. The largest absolute Gasteiger partial charge is 1.00 e. The van der Waals surface area contributed by atoms with E-state index in [9.17, 15) is 0 Å². The fraction of sp³-hybridized carbons (Fsp3) is 0. The van der Waals surface area contributed by atoms with Crippen molar-refractivity contribution in [3.63, 3.8) is 0 Å². The number of rotatable bonds is 0. The first-order valence-corrected chi connectivity index (χ1v) is 1.13. The predicted octanol–water partition coefficient (Wildman–Crippen LogP) is -2.07. The second kappa shape index (κ2) is 9.90. The van der Waals surface area contributed by atoms with Gasteiger partial charge in [0.15, 0.2) is 0 Å². The molecule has 0 rings (SSSR count). The van der Waals surface area contributed by atoms with Crippen molar-refractivity contribution in [1.82, 2.24) is 0 Å². The number of hydrogen-bond acceptors (Lipinski definition) is 2. The Hall–Kier alpha value is 1.76. The molecule has 2 nitrogen and oxygen atoms in total. The number of hydrogen-bond donors (Lipinski definition) is 0. The Morgan fingerprint density at radius 2 is 1.17 bits per heavy atom. The van der Waals surface area contributed by atoms with Crippen molar-refractivity contribution in [2.45, 2.75) is 0 Å². The molecule has 0 N–H and O–H groups in total. The van der Waals surface area contributed by atoms with E-state index in [0.717, 1.165) is 0 Å². The zero-order valence-electron chi connectivity index (χ0n) is 2.37. The van der Waals surface area contributed by atoms with E-state index in [0.29, 0.717) is 0 Å². The fourth-order valence-electron chi connectivity index (χ4n) is 0. The summed E-state index contributed by atoms with van der Waals surface area (Å²) in [6.07, 6.45) is 0. The van der Waals surface area contributed by atoms with Gasteiger partial charge in [-0.3, -0.25) is 0 Å². The molecular weight excluding hydrogens is 294 g/mol. The molecule has 0 aromatic heterocycles. The fourth-order valence-corrected chi connectivity index (χ4v) is 0. The van der Waals surface area contributed by atoms with Crippen LogP contribution in [0, 0.1) is 0 Å². The maximum atomic E-state index is 8.74. The molecule has 0 aliphatic carbocycles. The van der Waals surface area contributed by atoms with Crippen LogP contribution in [0.3, 0.4) is 0 Å². The monoisotopic (exact) mass is 292 g/mol. The van der Waals surface area contributed by atoms with Crippen LogP contribution in [0.5, 0.6) is 0 Å². The van der Waals surface area contributed by atoms with Gasteiger partial charge in [-0.15, -0.1) is 0 Å².